The van der Waals surface area contributed by atoms with Crippen molar-refractivity contribution in [1.29, 1.82) is 0 Å². The maximum absolute atomic E-state index is 5.37. The summed E-state index contributed by atoms with van der Waals surface area (Å²) in [5.74, 6) is 1.81. The van der Waals surface area contributed by atoms with Crippen LogP contribution in [0.4, 0.5) is 0 Å². The van der Waals surface area contributed by atoms with Crippen LogP contribution in [-0.4, -0.2) is 19.5 Å². The molecule has 0 saturated heterocycles. The lowest BCUT2D eigenvalue weighted by Gasteiger charge is -2.13. The van der Waals surface area contributed by atoms with Gasteiger partial charge in [0.25, 0.3) is 0 Å². The van der Waals surface area contributed by atoms with Gasteiger partial charge in [0.2, 0.25) is 0 Å². The third kappa shape index (κ3) is 2.21. The second-order valence-electron chi connectivity index (χ2n) is 3.02. The molecule has 0 unspecified atom stereocenters. The van der Waals surface area contributed by atoms with Gasteiger partial charge in [0.15, 0.2) is 0 Å². The Morgan fingerprint density at radius 2 is 1.93 bits per heavy atom. The van der Waals surface area contributed by atoms with E-state index in [9.17, 15) is 0 Å². The number of alkyl halides is 1. The molecule has 0 spiro atoms. The van der Waals surface area contributed by atoms with Crippen LogP contribution in [0.3, 0.4) is 0 Å². The summed E-state index contributed by atoms with van der Waals surface area (Å²) in [4.78, 5) is 0. The van der Waals surface area contributed by atoms with Crippen LogP contribution in [0.25, 0.3) is 0 Å². The molecule has 0 aromatic heterocycles. The largest absolute Gasteiger partial charge is 0.496 e. The van der Waals surface area contributed by atoms with Crippen molar-refractivity contribution in [2.24, 2.45) is 0 Å². The Balaban J connectivity index is 3.14. The van der Waals surface area contributed by atoms with Gasteiger partial charge in [-0.2, -0.15) is 0 Å². The Labute approximate surface area is 93.4 Å². The minimum absolute atomic E-state index is 0.875. The van der Waals surface area contributed by atoms with E-state index >= 15 is 0 Å². The molecular formula is C11H15BrO2. The smallest absolute Gasteiger partial charge is 0.128 e. The highest BCUT2D eigenvalue weighted by atomic mass is 79.9. The molecule has 0 heterocycles. The van der Waals surface area contributed by atoms with Gasteiger partial charge in [0.05, 0.1) is 14.2 Å². The molecule has 0 N–H and O–H groups in total. The Hall–Kier alpha value is -0.700. The average Bonchev–Trinajstić information content (AvgIpc) is 2.19. The molecule has 1 rings (SSSR count). The maximum atomic E-state index is 5.37. The lowest BCUT2D eigenvalue weighted by Crippen LogP contribution is -1.98. The summed E-state index contributed by atoms with van der Waals surface area (Å²) >= 11 is 3.42. The second kappa shape index (κ2) is 5.25. The van der Waals surface area contributed by atoms with E-state index in [1.54, 1.807) is 14.2 Å². The van der Waals surface area contributed by atoms with Crippen molar-refractivity contribution in [2.45, 2.75) is 13.3 Å². The maximum Gasteiger partial charge on any atom is 0.128 e. The second-order valence-corrected chi connectivity index (χ2v) is 3.82. The number of rotatable bonds is 4. The fourth-order valence-corrected chi connectivity index (χ4v) is 1.96. The average molecular weight is 259 g/mol. The van der Waals surface area contributed by atoms with Gasteiger partial charge in [-0.25, -0.2) is 0 Å². The predicted octanol–water partition coefficient (Wildman–Crippen LogP) is 2.95. The van der Waals surface area contributed by atoms with Crippen LogP contribution in [0, 0.1) is 6.92 Å². The van der Waals surface area contributed by atoms with Crippen LogP contribution in [0.1, 0.15) is 11.1 Å². The first-order chi connectivity index (χ1) is 6.74. The van der Waals surface area contributed by atoms with Crippen molar-refractivity contribution in [3.63, 3.8) is 0 Å². The molecular weight excluding hydrogens is 244 g/mol. The van der Waals surface area contributed by atoms with Gasteiger partial charge in [-0.15, -0.1) is 0 Å². The minimum Gasteiger partial charge on any atom is -0.496 e. The van der Waals surface area contributed by atoms with E-state index in [2.05, 4.69) is 15.9 Å². The third-order valence-electron chi connectivity index (χ3n) is 2.23. The van der Waals surface area contributed by atoms with Gasteiger partial charge in [-0.3, -0.25) is 0 Å². The topological polar surface area (TPSA) is 18.5 Å². The molecule has 14 heavy (non-hydrogen) atoms. The quantitative estimate of drug-likeness (QED) is 0.774. The first-order valence-corrected chi connectivity index (χ1v) is 5.63. The zero-order valence-electron chi connectivity index (χ0n) is 8.76. The number of methoxy groups -OCH3 is 2. The number of hydrogen-bond acceptors (Lipinski definition) is 2. The van der Waals surface area contributed by atoms with Crippen LogP contribution >= 0.6 is 15.9 Å². The molecule has 0 aliphatic rings. The summed E-state index contributed by atoms with van der Waals surface area (Å²) in [6, 6.07) is 4.03. The lowest BCUT2D eigenvalue weighted by molar-refractivity contribution is 0.386. The van der Waals surface area contributed by atoms with E-state index in [0.29, 0.717) is 0 Å². The molecule has 0 atom stereocenters. The van der Waals surface area contributed by atoms with Gasteiger partial charge in [0.1, 0.15) is 11.5 Å². The fraction of sp³-hybridized carbons (Fsp3) is 0.455. The number of benzene rings is 1. The zero-order chi connectivity index (χ0) is 10.6. The van der Waals surface area contributed by atoms with Gasteiger partial charge in [0, 0.05) is 10.9 Å². The number of hydrogen-bond donors (Lipinski definition) is 0. The summed E-state index contributed by atoms with van der Waals surface area (Å²) in [5.41, 5.74) is 2.27. The SMILES string of the molecule is COc1ccc(CCBr)c(OC)c1C. The number of ether oxygens (including phenoxy) is 2. The van der Waals surface area contributed by atoms with Gasteiger partial charge < -0.3 is 9.47 Å². The molecule has 0 aliphatic carbocycles. The number of aryl methyl sites for hydroxylation is 1. The normalized spacial score (nSPS) is 10.0. The monoisotopic (exact) mass is 258 g/mol. The van der Waals surface area contributed by atoms with Crippen LogP contribution < -0.4 is 9.47 Å². The van der Waals surface area contributed by atoms with E-state index in [4.69, 9.17) is 9.47 Å². The Bertz CT molecular complexity index is 310. The molecule has 0 aliphatic heterocycles. The van der Waals surface area contributed by atoms with Crippen LogP contribution in [0.2, 0.25) is 0 Å². The van der Waals surface area contributed by atoms with Crippen molar-refractivity contribution in [2.75, 3.05) is 19.5 Å². The molecule has 78 valence electrons. The molecule has 1 aromatic rings. The molecule has 2 nitrogen and oxygen atoms in total. The van der Waals surface area contributed by atoms with Crippen molar-refractivity contribution < 1.29 is 9.47 Å². The molecule has 0 fully saturated rings. The Morgan fingerprint density at radius 1 is 1.21 bits per heavy atom. The summed E-state index contributed by atoms with van der Waals surface area (Å²) in [6.07, 6.45) is 0.966. The highest BCUT2D eigenvalue weighted by Gasteiger charge is 2.09. The van der Waals surface area contributed by atoms with Gasteiger partial charge >= 0.3 is 0 Å². The van der Waals surface area contributed by atoms with Crippen LogP contribution in [0.15, 0.2) is 12.1 Å². The third-order valence-corrected chi connectivity index (χ3v) is 2.62. The van der Waals surface area contributed by atoms with Crippen LogP contribution in [0.5, 0.6) is 11.5 Å². The van der Waals surface area contributed by atoms with Crippen molar-refractivity contribution in [3.8, 4) is 11.5 Å². The highest BCUT2D eigenvalue weighted by molar-refractivity contribution is 9.09. The minimum atomic E-state index is 0.875. The lowest BCUT2D eigenvalue weighted by atomic mass is 10.1. The predicted molar refractivity (Wildman–Crippen MR) is 61.8 cm³/mol. The van der Waals surface area contributed by atoms with Crippen LogP contribution in [-0.2, 0) is 6.42 Å². The van der Waals surface area contributed by atoms with E-state index in [0.717, 1.165) is 28.8 Å². The summed E-state index contributed by atoms with van der Waals surface area (Å²) in [5, 5.41) is 0.940. The molecule has 3 heteroatoms. The number of halogens is 1. The molecule has 0 radical (unpaired) electrons. The van der Waals surface area contributed by atoms with Crippen molar-refractivity contribution in [3.05, 3.63) is 23.3 Å². The summed E-state index contributed by atoms with van der Waals surface area (Å²) < 4.78 is 10.6. The molecule has 1 aromatic carbocycles. The van der Waals surface area contributed by atoms with E-state index in [1.165, 1.54) is 5.56 Å². The zero-order valence-corrected chi connectivity index (χ0v) is 10.3. The van der Waals surface area contributed by atoms with Gasteiger partial charge in [-0.1, -0.05) is 22.0 Å². The Morgan fingerprint density at radius 3 is 2.43 bits per heavy atom. The first-order valence-electron chi connectivity index (χ1n) is 4.51. The van der Waals surface area contributed by atoms with E-state index in [1.807, 2.05) is 19.1 Å². The first kappa shape index (κ1) is 11.4. The summed E-state index contributed by atoms with van der Waals surface area (Å²) in [7, 11) is 3.37. The fourth-order valence-electron chi connectivity index (χ4n) is 1.53. The molecule has 0 amide bonds. The van der Waals surface area contributed by atoms with E-state index < -0.39 is 0 Å². The van der Waals surface area contributed by atoms with Crippen molar-refractivity contribution in [1.82, 2.24) is 0 Å². The summed E-state index contributed by atoms with van der Waals surface area (Å²) in [6.45, 7) is 2.01. The van der Waals surface area contributed by atoms with Gasteiger partial charge in [-0.05, 0) is 25.0 Å². The highest BCUT2D eigenvalue weighted by Crippen LogP contribution is 2.31. The van der Waals surface area contributed by atoms with E-state index in [-0.39, 0.29) is 0 Å². The van der Waals surface area contributed by atoms with Crippen molar-refractivity contribution >= 4 is 15.9 Å². The molecule has 0 saturated carbocycles. The Kier molecular flexibility index (Phi) is 4.26. The standard InChI is InChI=1S/C11H15BrO2/c1-8-10(13-2)5-4-9(6-7-12)11(8)14-3/h4-5H,6-7H2,1-3H3. The molecule has 0 bridgehead atoms.